The van der Waals surface area contributed by atoms with Gasteiger partial charge in [0.25, 0.3) is 5.91 Å². The van der Waals surface area contributed by atoms with E-state index in [0.717, 1.165) is 27.9 Å². The molecule has 3 atom stereocenters. The van der Waals surface area contributed by atoms with Crippen molar-refractivity contribution >= 4 is 22.6 Å². The summed E-state index contributed by atoms with van der Waals surface area (Å²) in [6.45, 7) is 2.31. The van der Waals surface area contributed by atoms with E-state index in [1.54, 1.807) is 19.2 Å². The minimum Gasteiger partial charge on any atom is -0.497 e. The highest BCUT2D eigenvalue weighted by atomic mass is 19.1. The van der Waals surface area contributed by atoms with Crippen LogP contribution >= 0.6 is 0 Å². The number of nitrogens with zero attached hydrogens (tertiary/aromatic N) is 1. The van der Waals surface area contributed by atoms with Gasteiger partial charge >= 0.3 is 0 Å². The summed E-state index contributed by atoms with van der Waals surface area (Å²) >= 11 is 0. The van der Waals surface area contributed by atoms with Gasteiger partial charge in [0.15, 0.2) is 5.78 Å². The molecule has 1 amide bonds. The predicted molar refractivity (Wildman–Crippen MR) is 125 cm³/mol. The fraction of sp³-hybridized carbons (Fsp3) is 0.385. The quantitative estimate of drug-likeness (QED) is 0.551. The van der Waals surface area contributed by atoms with Crippen LogP contribution in [0.4, 0.5) is 4.39 Å². The maximum Gasteiger partial charge on any atom is 0.257 e. The van der Waals surface area contributed by atoms with Crippen LogP contribution in [0, 0.1) is 5.82 Å². The number of carbonyl (C=O) groups is 2. The Morgan fingerprint density at radius 1 is 1.26 bits per heavy atom. The number of benzene rings is 2. The molecule has 1 saturated heterocycles. The minimum absolute atomic E-state index is 0.0216. The number of nitrogens with one attached hydrogen (secondary N) is 2. The zero-order chi connectivity index (χ0) is 24.0. The highest BCUT2D eigenvalue weighted by molar-refractivity contribution is 5.98. The molecule has 178 valence electrons. The number of amides is 1. The normalized spacial score (nSPS) is 24.3. The van der Waals surface area contributed by atoms with Crippen molar-refractivity contribution in [3.8, 4) is 5.75 Å². The van der Waals surface area contributed by atoms with E-state index in [4.69, 9.17) is 4.74 Å². The van der Waals surface area contributed by atoms with Crippen LogP contribution in [0.25, 0.3) is 10.9 Å². The van der Waals surface area contributed by atoms with E-state index in [0.29, 0.717) is 25.9 Å². The third kappa shape index (κ3) is 3.49. The second-order valence-electron chi connectivity index (χ2n) is 9.28. The number of likely N-dealkylation sites (tertiary alicyclic amines) is 1. The van der Waals surface area contributed by atoms with Gasteiger partial charge in [-0.3, -0.25) is 9.59 Å². The van der Waals surface area contributed by atoms with Gasteiger partial charge in [0, 0.05) is 41.2 Å². The lowest BCUT2D eigenvalue weighted by molar-refractivity contribution is -0.123. The fourth-order valence-electron chi connectivity index (χ4n) is 5.68. The zero-order valence-corrected chi connectivity index (χ0v) is 19.2. The average molecular weight is 466 g/mol. The summed E-state index contributed by atoms with van der Waals surface area (Å²) < 4.78 is 19.7. The molecule has 5 rings (SSSR count). The van der Waals surface area contributed by atoms with Gasteiger partial charge in [-0.25, -0.2) is 4.39 Å². The molecule has 1 aromatic heterocycles. The molecule has 0 saturated carbocycles. The Labute approximate surface area is 196 Å². The monoisotopic (exact) mass is 465 g/mol. The highest BCUT2D eigenvalue weighted by Crippen LogP contribution is 2.47. The Hall–Kier alpha value is -3.23. The van der Waals surface area contributed by atoms with E-state index in [1.165, 1.54) is 24.0 Å². The smallest absolute Gasteiger partial charge is 0.257 e. The Morgan fingerprint density at radius 2 is 2.06 bits per heavy atom. The van der Waals surface area contributed by atoms with Crippen LogP contribution in [0.5, 0.6) is 5.75 Å². The number of hydrogen-bond donors (Lipinski definition) is 3. The van der Waals surface area contributed by atoms with Crippen molar-refractivity contribution in [2.75, 3.05) is 26.8 Å². The number of Topliss-reactive ketones (excluding diaryl/α,β-unsaturated/α-hetero) is 1. The Kier molecular flexibility index (Phi) is 5.65. The number of fused-ring (bicyclic) bond motifs is 4. The van der Waals surface area contributed by atoms with Gasteiger partial charge in [0.05, 0.1) is 31.4 Å². The molecule has 0 radical (unpaired) electrons. The summed E-state index contributed by atoms with van der Waals surface area (Å²) in [5, 5.41) is 14.5. The number of methoxy groups -OCH3 is 1. The first-order valence-corrected chi connectivity index (χ1v) is 11.5. The molecule has 2 unspecified atom stereocenters. The topological polar surface area (TPSA) is 94.7 Å². The van der Waals surface area contributed by atoms with Gasteiger partial charge in [0.1, 0.15) is 11.6 Å². The molecule has 3 N–H and O–H groups in total. The van der Waals surface area contributed by atoms with Crippen molar-refractivity contribution in [2.24, 2.45) is 0 Å². The van der Waals surface area contributed by atoms with Crippen LogP contribution in [0.2, 0.25) is 0 Å². The molecular weight excluding hydrogens is 437 g/mol. The molecule has 0 aliphatic carbocycles. The number of halogens is 1. The van der Waals surface area contributed by atoms with Crippen molar-refractivity contribution < 1.29 is 23.8 Å². The van der Waals surface area contributed by atoms with E-state index >= 15 is 0 Å². The fourth-order valence-corrected chi connectivity index (χ4v) is 5.68. The molecule has 3 heterocycles. The molecule has 1 fully saturated rings. The first-order chi connectivity index (χ1) is 16.4. The second kappa shape index (κ2) is 8.52. The lowest BCUT2D eigenvalue weighted by atomic mass is 9.66. The summed E-state index contributed by atoms with van der Waals surface area (Å²) in [7, 11) is 1.61. The number of carbonyl (C=O) groups excluding carboxylic acids is 2. The molecule has 2 aliphatic heterocycles. The van der Waals surface area contributed by atoms with Crippen LogP contribution in [0.1, 0.15) is 47.4 Å². The number of aliphatic hydroxyl groups excluding tert-OH is 1. The van der Waals surface area contributed by atoms with Gasteiger partial charge in [0.2, 0.25) is 0 Å². The number of aromatic nitrogens is 1. The summed E-state index contributed by atoms with van der Waals surface area (Å²) in [4.78, 5) is 31.0. The molecule has 1 spiro atoms. The molecular formula is C26H28FN3O4. The van der Waals surface area contributed by atoms with E-state index in [-0.39, 0.29) is 24.0 Å². The molecule has 0 bridgehead atoms. The van der Waals surface area contributed by atoms with Gasteiger partial charge in [-0.1, -0.05) is 12.1 Å². The number of hydrogen-bond acceptors (Lipinski definition) is 5. The van der Waals surface area contributed by atoms with Gasteiger partial charge in [-0.05, 0) is 49.6 Å². The van der Waals surface area contributed by atoms with E-state index < -0.39 is 23.2 Å². The molecule has 3 aromatic rings. The van der Waals surface area contributed by atoms with Gasteiger partial charge < -0.3 is 25.0 Å². The van der Waals surface area contributed by atoms with E-state index in [9.17, 15) is 19.1 Å². The van der Waals surface area contributed by atoms with Crippen molar-refractivity contribution in [3.63, 3.8) is 0 Å². The first kappa shape index (κ1) is 22.6. The van der Waals surface area contributed by atoms with Crippen LogP contribution in [0.15, 0.2) is 42.5 Å². The van der Waals surface area contributed by atoms with Crippen molar-refractivity contribution in [1.82, 2.24) is 15.2 Å². The Bertz CT molecular complexity index is 1270. The van der Waals surface area contributed by atoms with E-state index in [2.05, 4.69) is 10.3 Å². The minimum atomic E-state index is -0.676. The number of ketones is 1. The number of aliphatic hydroxyl groups is 1. The van der Waals surface area contributed by atoms with Crippen LogP contribution in [-0.4, -0.2) is 59.5 Å². The SMILES string of the molecule is COc1ccc2c3c([nH]c2c1)C(CO)NCC31CCN(C(=O)c2ccccc2F)[C@@H](C(C)=O)C1. The number of H-pyrrole nitrogens is 1. The Balaban J connectivity index is 1.57. The first-order valence-electron chi connectivity index (χ1n) is 11.5. The number of rotatable bonds is 4. The zero-order valence-electron chi connectivity index (χ0n) is 19.2. The third-order valence-electron chi connectivity index (χ3n) is 7.41. The number of aromatic amines is 1. The van der Waals surface area contributed by atoms with Crippen LogP contribution in [-0.2, 0) is 10.2 Å². The predicted octanol–water partition coefficient (Wildman–Crippen LogP) is 3.08. The Morgan fingerprint density at radius 3 is 2.76 bits per heavy atom. The largest absolute Gasteiger partial charge is 0.497 e. The van der Waals surface area contributed by atoms with Crippen molar-refractivity contribution in [1.29, 1.82) is 0 Å². The van der Waals surface area contributed by atoms with E-state index in [1.807, 2.05) is 18.2 Å². The molecule has 8 heteroatoms. The summed E-state index contributed by atoms with van der Waals surface area (Å²) in [5.41, 5.74) is 2.43. The van der Waals surface area contributed by atoms with Crippen LogP contribution in [0.3, 0.4) is 0 Å². The average Bonchev–Trinajstić information content (AvgIpc) is 3.24. The van der Waals surface area contributed by atoms with Crippen molar-refractivity contribution in [3.05, 3.63) is 65.1 Å². The van der Waals surface area contributed by atoms with Crippen molar-refractivity contribution in [2.45, 2.75) is 37.3 Å². The maximum absolute atomic E-state index is 14.4. The molecule has 34 heavy (non-hydrogen) atoms. The molecule has 2 aliphatic rings. The maximum atomic E-state index is 14.4. The van der Waals surface area contributed by atoms with Gasteiger partial charge in [-0.2, -0.15) is 0 Å². The number of piperidine rings is 1. The lowest BCUT2D eigenvalue weighted by Gasteiger charge is -2.49. The lowest BCUT2D eigenvalue weighted by Crippen LogP contribution is -2.58. The third-order valence-corrected chi connectivity index (χ3v) is 7.41. The highest BCUT2D eigenvalue weighted by Gasteiger charge is 2.49. The second-order valence-corrected chi connectivity index (χ2v) is 9.28. The van der Waals surface area contributed by atoms with Crippen LogP contribution < -0.4 is 10.1 Å². The standard InChI is InChI=1S/C26H28FN3O4/c1-15(32)22-12-26(9-10-30(22)25(33)17-5-3-4-6-19(17)27)14-28-21(13-31)24-23(26)18-8-7-16(34-2)11-20(18)29-24/h3-8,11,21-22,28-29,31H,9-10,12-14H2,1-2H3/t21?,22-,26?/m1/s1. The summed E-state index contributed by atoms with van der Waals surface area (Å²) in [5.74, 6) is -0.459. The summed E-state index contributed by atoms with van der Waals surface area (Å²) in [6, 6.07) is 10.8. The summed E-state index contributed by atoms with van der Waals surface area (Å²) in [6.07, 6.45) is 1.02. The molecule has 7 nitrogen and oxygen atoms in total. The molecule has 2 aromatic carbocycles. The van der Waals surface area contributed by atoms with Gasteiger partial charge in [-0.15, -0.1) is 0 Å². The number of ether oxygens (including phenoxy) is 1.